The van der Waals surface area contributed by atoms with E-state index >= 15 is 0 Å². The van der Waals surface area contributed by atoms with Crippen molar-refractivity contribution in [2.75, 3.05) is 6.54 Å². The lowest BCUT2D eigenvalue weighted by Gasteiger charge is -2.28. The van der Waals surface area contributed by atoms with Crippen molar-refractivity contribution in [3.8, 4) is 0 Å². The molecule has 22 heavy (non-hydrogen) atoms. The summed E-state index contributed by atoms with van der Waals surface area (Å²) >= 11 is 0. The Morgan fingerprint density at radius 2 is 1.77 bits per heavy atom. The topological polar surface area (TPSA) is 38.1 Å². The summed E-state index contributed by atoms with van der Waals surface area (Å²) in [4.78, 5) is 14.8. The standard InChI is InChI=1S/C18H17N3O/c22-18-17-8-4-3-6-15(17)11-19-21(18)13-20-10-9-14-5-1-2-7-16(14)12-20/h1-8,11H,9-10,12-13H2. The van der Waals surface area contributed by atoms with Gasteiger partial charge in [0, 0.05) is 18.5 Å². The third kappa shape index (κ3) is 2.31. The maximum atomic E-state index is 12.5. The number of benzene rings is 2. The molecule has 0 amide bonds. The summed E-state index contributed by atoms with van der Waals surface area (Å²) in [6.07, 6.45) is 2.80. The van der Waals surface area contributed by atoms with Gasteiger partial charge in [-0.2, -0.15) is 5.10 Å². The van der Waals surface area contributed by atoms with E-state index in [9.17, 15) is 4.79 Å². The molecule has 0 bridgehead atoms. The number of rotatable bonds is 2. The molecule has 0 saturated heterocycles. The average molecular weight is 291 g/mol. The minimum atomic E-state index is -0.0167. The fourth-order valence-corrected chi connectivity index (χ4v) is 3.09. The maximum Gasteiger partial charge on any atom is 0.275 e. The lowest BCUT2D eigenvalue weighted by molar-refractivity contribution is 0.186. The van der Waals surface area contributed by atoms with E-state index in [1.54, 1.807) is 10.9 Å². The van der Waals surface area contributed by atoms with Gasteiger partial charge < -0.3 is 0 Å². The second-order valence-corrected chi connectivity index (χ2v) is 5.75. The Balaban J connectivity index is 1.62. The number of aromatic nitrogens is 2. The fourth-order valence-electron chi connectivity index (χ4n) is 3.09. The van der Waals surface area contributed by atoms with E-state index in [0.717, 1.165) is 30.3 Å². The van der Waals surface area contributed by atoms with Crippen LogP contribution in [0, 0.1) is 0 Å². The number of fused-ring (bicyclic) bond motifs is 2. The molecule has 4 heteroatoms. The molecule has 0 aliphatic carbocycles. The molecule has 0 fully saturated rings. The molecule has 110 valence electrons. The highest BCUT2D eigenvalue weighted by Crippen LogP contribution is 2.18. The van der Waals surface area contributed by atoms with Crippen LogP contribution in [0.25, 0.3) is 10.8 Å². The molecule has 3 aromatic rings. The zero-order valence-electron chi connectivity index (χ0n) is 12.3. The summed E-state index contributed by atoms with van der Waals surface area (Å²) in [5.74, 6) is 0. The first-order valence-electron chi connectivity index (χ1n) is 7.55. The highest BCUT2D eigenvalue weighted by Gasteiger charge is 2.16. The van der Waals surface area contributed by atoms with Crippen LogP contribution in [-0.2, 0) is 19.6 Å². The van der Waals surface area contributed by atoms with Crippen molar-refractivity contribution in [3.05, 3.63) is 76.2 Å². The van der Waals surface area contributed by atoms with Crippen LogP contribution >= 0.6 is 0 Å². The molecule has 1 aliphatic rings. The smallest absolute Gasteiger partial charge is 0.275 e. The van der Waals surface area contributed by atoms with Gasteiger partial charge in [-0.15, -0.1) is 0 Å². The van der Waals surface area contributed by atoms with Gasteiger partial charge in [-0.05, 0) is 23.6 Å². The second kappa shape index (κ2) is 5.39. The minimum absolute atomic E-state index is 0.0167. The first kappa shape index (κ1) is 13.2. The molecule has 1 aliphatic heterocycles. The van der Waals surface area contributed by atoms with E-state index in [-0.39, 0.29) is 5.56 Å². The first-order valence-corrected chi connectivity index (χ1v) is 7.55. The van der Waals surface area contributed by atoms with Gasteiger partial charge >= 0.3 is 0 Å². The lowest BCUT2D eigenvalue weighted by Crippen LogP contribution is -2.37. The quantitative estimate of drug-likeness (QED) is 0.728. The zero-order valence-corrected chi connectivity index (χ0v) is 12.3. The number of nitrogens with zero attached hydrogens (tertiary/aromatic N) is 3. The molecule has 0 spiro atoms. The molecule has 0 unspecified atom stereocenters. The molecule has 0 saturated carbocycles. The third-order valence-electron chi connectivity index (χ3n) is 4.31. The monoisotopic (exact) mass is 291 g/mol. The van der Waals surface area contributed by atoms with Crippen LogP contribution in [-0.4, -0.2) is 21.2 Å². The van der Waals surface area contributed by atoms with Crippen LogP contribution < -0.4 is 5.56 Å². The molecule has 4 rings (SSSR count). The summed E-state index contributed by atoms with van der Waals surface area (Å²) < 4.78 is 1.57. The second-order valence-electron chi connectivity index (χ2n) is 5.75. The molecule has 4 nitrogen and oxygen atoms in total. The van der Waals surface area contributed by atoms with E-state index in [4.69, 9.17) is 0 Å². The van der Waals surface area contributed by atoms with Gasteiger partial charge in [0.15, 0.2) is 0 Å². The van der Waals surface area contributed by atoms with Crippen LogP contribution in [0.1, 0.15) is 11.1 Å². The van der Waals surface area contributed by atoms with Crippen LogP contribution in [0.15, 0.2) is 59.5 Å². The third-order valence-corrected chi connectivity index (χ3v) is 4.31. The van der Waals surface area contributed by atoms with Crippen molar-refractivity contribution in [1.29, 1.82) is 0 Å². The predicted molar refractivity (Wildman–Crippen MR) is 86.6 cm³/mol. The molecular formula is C18H17N3O. The van der Waals surface area contributed by atoms with Crippen molar-refractivity contribution in [1.82, 2.24) is 14.7 Å². The van der Waals surface area contributed by atoms with Gasteiger partial charge in [-0.1, -0.05) is 42.5 Å². The van der Waals surface area contributed by atoms with Crippen LogP contribution in [0.4, 0.5) is 0 Å². The van der Waals surface area contributed by atoms with Gasteiger partial charge in [0.25, 0.3) is 5.56 Å². The van der Waals surface area contributed by atoms with E-state index in [1.165, 1.54) is 11.1 Å². The number of hydrogen-bond acceptors (Lipinski definition) is 3. The van der Waals surface area contributed by atoms with Crippen molar-refractivity contribution in [3.63, 3.8) is 0 Å². The Hall–Kier alpha value is -2.46. The molecule has 0 radical (unpaired) electrons. The Morgan fingerprint density at radius 3 is 2.68 bits per heavy atom. The summed E-state index contributed by atoms with van der Waals surface area (Å²) in [6.45, 7) is 2.37. The predicted octanol–water partition coefficient (Wildman–Crippen LogP) is 2.41. The molecular weight excluding hydrogens is 274 g/mol. The first-order chi connectivity index (χ1) is 10.8. The molecule has 2 heterocycles. The molecule has 2 aromatic carbocycles. The normalized spacial score (nSPS) is 14.9. The van der Waals surface area contributed by atoms with Crippen LogP contribution in [0.2, 0.25) is 0 Å². The lowest BCUT2D eigenvalue weighted by atomic mass is 10.0. The summed E-state index contributed by atoms with van der Waals surface area (Å²) in [7, 11) is 0. The zero-order chi connectivity index (χ0) is 14.9. The Labute approximate surface area is 128 Å². The van der Waals surface area contributed by atoms with Crippen LogP contribution in [0.3, 0.4) is 0 Å². The summed E-state index contributed by atoms with van der Waals surface area (Å²) in [5.41, 5.74) is 2.75. The van der Waals surface area contributed by atoms with Gasteiger partial charge in [0.05, 0.1) is 18.3 Å². The van der Waals surface area contributed by atoms with Crippen molar-refractivity contribution in [2.24, 2.45) is 0 Å². The van der Waals surface area contributed by atoms with Gasteiger partial charge in [0.2, 0.25) is 0 Å². The minimum Gasteiger partial charge on any atom is -0.280 e. The van der Waals surface area contributed by atoms with E-state index in [2.05, 4.69) is 34.3 Å². The Morgan fingerprint density at radius 1 is 1.00 bits per heavy atom. The van der Waals surface area contributed by atoms with Crippen molar-refractivity contribution in [2.45, 2.75) is 19.6 Å². The van der Waals surface area contributed by atoms with E-state index in [0.29, 0.717) is 6.67 Å². The van der Waals surface area contributed by atoms with Gasteiger partial charge in [0.1, 0.15) is 0 Å². The van der Waals surface area contributed by atoms with E-state index < -0.39 is 0 Å². The number of hydrogen-bond donors (Lipinski definition) is 0. The highest BCUT2D eigenvalue weighted by molar-refractivity contribution is 5.80. The summed E-state index contributed by atoms with van der Waals surface area (Å²) in [5, 5.41) is 5.95. The van der Waals surface area contributed by atoms with Crippen molar-refractivity contribution >= 4 is 10.8 Å². The van der Waals surface area contributed by atoms with Gasteiger partial charge in [-0.25, -0.2) is 4.68 Å². The van der Waals surface area contributed by atoms with Gasteiger partial charge in [-0.3, -0.25) is 9.69 Å². The molecule has 0 atom stereocenters. The van der Waals surface area contributed by atoms with Crippen molar-refractivity contribution < 1.29 is 0 Å². The molecule has 1 aromatic heterocycles. The fraction of sp³-hybridized carbons (Fsp3) is 0.222. The van der Waals surface area contributed by atoms with Crippen LogP contribution in [0.5, 0.6) is 0 Å². The molecule has 0 N–H and O–H groups in total. The Kier molecular flexibility index (Phi) is 3.24. The summed E-state index contributed by atoms with van der Waals surface area (Å²) in [6, 6.07) is 16.1. The Bertz CT molecular complexity index is 885. The largest absolute Gasteiger partial charge is 0.280 e. The SMILES string of the molecule is O=c1c2ccccc2cnn1CN1CCc2ccccc2C1. The van der Waals surface area contributed by atoms with E-state index in [1.807, 2.05) is 24.3 Å². The average Bonchev–Trinajstić information content (AvgIpc) is 2.57. The highest BCUT2D eigenvalue weighted by atomic mass is 16.1. The maximum absolute atomic E-state index is 12.5.